The van der Waals surface area contributed by atoms with Crippen LogP contribution >= 0.6 is 0 Å². The Morgan fingerprint density at radius 3 is 2.04 bits per heavy atom. The minimum absolute atomic E-state index is 0. The van der Waals surface area contributed by atoms with Gasteiger partial charge in [-0.25, -0.2) is 0 Å². The zero-order valence-electron chi connectivity index (χ0n) is 28.8. The Kier molecular flexibility index (Phi) is 19.0. The van der Waals surface area contributed by atoms with Crippen LogP contribution in [-0.4, -0.2) is 54.2 Å². The standard InChI is InChI=1S/C31H39F3N2O4.C2H7N.C2H2O.Na/c1-21(24-11-13-27(14-12-24)40-31(32,33)34)35-30(18-16-26(17-19-30)29(3,4)5)36(20-37)22(2)25-9-6-23(7-10-25)8-15-28(38)39;1-3-2;1-2-3;/h6-7,9-14,20,22,26H,8,15-19H2,1-5H3,(H,38,39);3H,1-2H3;1,3H;/q;;;+1/p-1/b35-21+;;;. The number of hydrogen-bond acceptors (Lipinski definition) is 7. The number of carbonyl (C=O) groups excluding carboxylic acids is 2. The van der Waals surface area contributed by atoms with Crippen molar-refractivity contribution in [1.82, 2.24) is 10.2 Å². The van der Waals surface area contributed by atoms with Gasteiger partial charge in [-0.05, 0) is 119 Å². The van der Waals surface area contributed by atoms with E-state index in [9.17, 15) is 27.9 Å². The van der Waals surface area contributed by atoms with Gasteiger partial charge in [-0.15, -0.1) is 13.2 Å². The van der Waals surface area contributed by atoms with Crippen LogP contribution in [-0.2, 0) is 16.0 Å². The fourth-order valence-corrected chi connectivity index (χ4v) is 5.57. The normalized spacial score (nSPS) is 18.4. The molecule has 1 aliphatic rings. The van der Waals surface area contributed by atoms with Crippen LogP contribution in [0.3, 0.4) is 0 Å². The van der Waals surface area contributed by atoms with Gasteiger partial charge in [-0.3, -0.25) is 9.79 Å². The van der Waals surface area contributed by atoms with Crippen molar-refractivity contribution in [2.24, 2.45) is 16.3 Å². The first-order valence-electron chi connectivity index (χ1n) is 15.1. The Morgan fingerprint density at radius 2 is 1.64 bits per heavy atom. The van der Waals surface area contributed by atoms with E-state index in [4.69, 9.17) is 10.1 Å². The van der Waals surface area contributed by atoms with Crippen LogP contribution in [0.25, 0.3) is 0 Å². The summed E-state index contributed by atoms with van der Waals surface area (Å²) in [6.45, 7) is 10.4. The number of hydrogen-bond donors (Lipinski definition) is 2. The molecule has 3 rings (SSSR count). The predicted molar refractivity (Wildman–Crippen MR) is 171 cm³/mol. The third-order valence-corrected chi connectivity index (χ3v) is 7.98. The average Bonchev–Trinajstić information content (AvgIpc) is 2.97. The fraction of sp³-hybridized carbons (Fsp3) is 0.514. The van der Waals surface area contributed by atoms with Crippen LogP contribution in [0.5, 0.6) is 5.75 Å². The number of terminal acetylenes is 1. The molecule has 0 aliphatic heterocycles. The van der Waals surface area contributed by atoms with Gasteiger partial charge in [0.15, 0.2) is 0 Å². The molecular formula is C35H47F3N3NaO5. The van der Waals surface area contributed by atoms with E-state index in [1.165, 1.54) is 30.4 Å². The Balaban J connectivity index is 0.00000280. The van der Waals surface area contributed by atoms with E-state index in [1.807, 2.05) is 45.3 Å². The van der Waals surface area contributed by atoms with Crippen LogP contribution in [0.15, 0.2) is 53.5 Å². The zero-order chi connectivity index (χ0) is 35.1. The molecule has 254 valence electrons. The number of aliphatic carboxylic acids is 1. The second kappa shape index (κ2) is 20.4. The molecule has 0 aromatic heterocycles. The molecule has 2 N–H and O–H groups in total. The minimum atomic E-state index is -4.77. The van der Waals surface area contributed by atoms with Gasteiger partial charge >= 0.3 is 35.9 Å². The maximum atomic E-state index is 12.7. The van der Waals surface area contributed by atoms with Crippen molar-refractivity contribution >= 4 is 18.1 Å². The average molecular weight is 670 g/mol. The van der Waals surface area contributed by atoms with Gasteiger partial charge in [0, 0.05) is 11.7 Å². The number of ether oxygens (including phenoxy) is 1. The number of carbonyl (C=O) groups is 2. The second-order valence-corrected chi connectivity index (χ2v) is 12.3. The number of nitrogens with zero attached hydrogens (tertiary/aromatic N) is 2. The maximum absolute atomic E-state index is 12.7. The number of rotatable bonds is 10. The molecule has 0 radical (unpaired) electrons. The number of amides is 1. The summed E-state index contributed by atoms with van der Waals surface area (Å²) in [6, 6.07) is 12.8. The van der Waals surface area contributed by atoms with Gasteiger partial charge < -0.3 is 30.0 Å². The number of aryl methyl sites for hydroxylation is 1. The number of aliphatic hydroxyl groups excluding tert-OH is 1. The fourth-order valence-electron chi connectivity index (χ4n) is 5.57. The molecule has 8 nitrogen and oxygen atoms in total. The van der Waals surface area contributed by atoms with E-state index in [2.05, 4.69) is 37.2 Å². The molecule has 1 aliphatic carbocycles. The summed E-state index contributed by atoms with van der Waals surface area (Å²) in [4.78, 5) is 30.4. The van der Waals surface area contributed by atoms with Crippen LogP contribution in [0.1, 0.15) is 89.5 Å². The number of carboxylic acids is 1. The molecule has 2 aromatic rings. The summed E-state index contributed by atoms with van der Waals surface area (Å²) >= 11 is 0. The first-order chi connectivity index (χ1) is 21.5. The van der Waals surface area contributed by atoms with Gasteiger partial charge in [-0.1, -0.05) is 51.5 Å². The molecular weight excluding hydrogens is 622 g/mol. The smallest absolute Gasteiger partial charge is 0.550 e. The largest absolute Gasteiger partial charge is 1.00 e. The van der Waals surface area contributed by atoms with Crippen molar-refractivity contribution in [3.63, 3.8) is 0 Å². The molecule has 1 unspecified atom stereocenters. The topological polar surface area (TPSA) is 114 Å². The Bertz CT molecular complexity index is 1300. The number of aliphatic imine (C=N–C) groups is 1. The molecule has 47 heavy (non-hydrogen) atoms. The third-order valence-electron chi connectivity index (χ3n) is 7.98. The number of carboxylic acid groups (broad SMARTS) is 1. The van der Waals surface area contributed by atoms with E-state index >= 15 is 0 Å². The third kappa shape index (κ3) is 14.7. The Morgan fingerprint density at radius 1 is 1.15 bits per heavy atom. The molecule has 12 heteroatoms. The number of aliphatic hydroxyl groups is 1. The summed E-state index contributed by atoms with van der Waals surface area (Å²) < 4.78 is 41.8. The summed E-state index contributed by atoms with van der Waals surface area (Å²) in [5.74, 6) is -0.953. The van der Waals surface area contributed by atoms with Crippen LogP contribution in [0.4, 0.5) is 13.2 Å². The first-order valence-corrected chi connectivity index (χ1v) is 15.1. The van der Waals surface area contributed by atoms with Crippen molar-refractivity contribution in [2.75, 3.05) is 14.1 Å². The van der Waals surface area contributed by atoms with E-state index in [0.717, 1.165) is 30.4 Å². The molecule has 0 saturated heterocycles. The minimum Gasteiger partial charge on any atom is -0.550 e. The Labute approximate surface area is 299 Å². The molecule has 1 fully saturated rings. The molecule has 1 amide bonds. The zero-order valence-corrected chi connectivity index (χ0v) is 30.8. The number of halogens is 3. The van der Waals surface area contributed by atoms with Gasteiger partial charge in [-0.2, -0.15) is 0 Å². The summed E-state index contributed by atoms with van der Waals surface area (Å²) in [6.07, 6.45) is 4.81. The quantitative estimate of drug-likeness (QED) is 0.174. The molecule has 1 atom stereocenters. The molecule has 0 bridgehead atoms. The van der Waals surface area contributed by atoms with Crippen molar-refractivity contribution in [3.8, 4) is 18.3 Å². The summed E-state index contributed by atoms with van der Waals surface area (Å²) in [5.41, 5.74) is 2.29. The first kappa shape index (κ1) is 44.0. The Hall–Kier alpha value is -3.04. The van der Waals surface area contributed by atoms with E-state index < -0.39 is 18.0 Å². The van der Waals surface area contributed by atoms with Crippen LogP contribution in [0, 0.1) is 23.9 Å². The molecule has 1 saturated carbocycles. The number of nitrogens with one attached hydrogen (secondary N) is 1. The van der Waals surface area contributed by atoms with E-state index in [-0.39, 0.29) is 53.2 Å². The number of benzene rings is 2. The van der Waals surface area contributed by atoms with Gasteiger partial charge in [0.2, 0.25) is 6.41 Å². The van der Waals surface area contributed by atoms with Gasteiger partial charge in [0.05, 0.1) is 6.04 Å². The molecule has 0 spiro atoms. The maximum Gasteiger partial charge on any atom is 1.00 e. The van der Waals surface area contributed by atoms with E-state index in [0.29, 0.717) is 36.5 Å². The van der Waals surface area contributed by atoms with Crippen LogP contribution in [0.2, 0.25) is 0 Å². The van der Waals surface area contributed by atoms with Crippen molar-refractivity contribution in [2.45, 2.75) is 91.2 Å². The number of alkyl halides is 3. The van der Waals surface area contributed by atoms with Crippen molar-refractivity contribution < 1.29 is 67.3 Å². The van der Waals surface area contributed by atoms with Crippen molar-refractivity contribution in [1.29, 1.82) is 0 Å². The van der Waals surface area contributed by atoms with E-state index in [1.54, 1.807) is 11.8 Å². The van der Waals surface area contributed by atoms with Crippen molar-refractivity contribution in [3.05, 3.63) is 65.2 Å². The van der Waals surface area contributed by atoms with Gasteiger partial charge in [0.1, 0.15) is 17.5 Å². The SMILES string of the molecule is C#CO.C/C(=N\C1(N(C=O)C(C)c2ccc(CCC(=O)[O-])cc2)CCC(C(C)(C)C)CC1)c1ccc(OC(F)(F)F)cc1.CNC.[Na+]. The summed E-state index contributed by atoms with van der Waals surface area (Å²) in [7, 11) is 3.75. The summed E-state index contributed by atoms with van der Waals surface area (Å²) in [5, 5.41) is 20.7. The second-order valence-electron chi connectivity index (χ2n) is 12.3. The molecule has 0 heterocycles. The predicted octanol–water partition coefficient (Wildman–Crippen LogP) is 3.02. The van der Waals surface area contributed by atoms with Gasteiger partial charge in [0.25, 0.3) is 0 Å². The van der Waals surface area contributed by atoms with Crippen LogP contribution < -0.4 is 44.7 Å². The molecule has 2 aromatic carbocycles. The monoisotopic (exact) mass is 669 g/mol.